The van der Waals surface area contributed by atoms with Crippen molar-refractivity contribution in [3.63, 3.8) is 0 Å². The molecule has 0 amide bonds. The highest BCUT2D eigenvalue weighted by Gasteiger charge is 2.41. The number of hydrogen-bond donors (Lipinski definition) is 0. The maximum atomic E-state index is 12.8. The average molecular weight is 295 g/mol. The second-order valence-corrected chi connectivity index (χ2v) is 7.82. The third-order valence-electron chi connectivity index (χ3n) is 3.13. The van der Waals surface area contributed by atoms with Gasteiger partial charge in [-0.25, -0.2) is 9.24 Å². The first-order chi connectivity index (χ1) is 9.45. The van der Waals surface area contributed by atoms with Crippen LogP contribution in [-0.4, -0.2) is 24.4 Å². The number of hydrogen-bond acceptors (Lipinski definition) is 3. The van der Waals surface area contributed by atoms with Gasteiger partial charge < -0.3 is 0 Å². The second-order valence-electron chi connectivity index (χ2n) is 5.80. The number of nitrogens with zero attached hydrogens (tertiary/aromatic N) is 1. The summed E-state index contributed by atoms with van der Waals surface area (Å²) < 4.78 is 25.7. The fourth-order valence-corrected chi connectivity index (χ4v) is 4.03. The lowest BCUT2D eigenvalue weighted by Gasteiger charge is -2.38. The zero-order valence-corrected chi connectivity index (χ0v) is 13.0. The molecule has 0 N–H and O–H groups in total. The molecule has 1 aromatic carbocycles. The van der Waals surface area contributed by atoms with Crippen molar-refractivity contribution in [2.45, 2.75) is 20.4 Å². The van der Waals surface area contributed by atoms with E-state index in [1.54, 1.807) is 10.7 Å². The van der Waals surface area contributed by atoms with Crippen LogP contribution >= 0.6 is 7.75 Å². The fourth-order valence-electron chi connectivity index (χ4n) is 1.95. The largest absolute Gasteiger partial charge is 0.408 e. The molecule has 0 bridgehead atoms. The molecule has 0 atom stereocenters. The van der Waals surface area contributed by atoms with Crippen molar-refractivity contribution in [2.24, 2.45) is 5.41 Å². The molecule has 1 aliphatic heterocycles. The molecule has 1 fully saturated rings. The van der Waals surface area contributed by atoms with E-state index >= 15 is 0 Å². The molecule has 2 rings (SSSR count). The van der Waals surface area contributed by atoms with Gasteiger partial charge in [0.15, 0.2) is 0 Å². The molecule has 1 aromatic rings. The van der Waals surface area contributed by atoms with Crippen molar-refractivity contribution in [3.8, 4) is 0 Å². The van der Waals surface area contributed by atoms with Crippen LogP contribution in [0, 0.1) is 5.41 Å². The van der Waals surface area contributed by atoms with Crippen LogP contribution in [-0.2, 0) is 20.2 Å². The van der Waals surface area contributed by atoms with Gasteiger partial charge in [0.2, 0.25) is 0 Å². The van der Waals surface area contributed by atoms with Crippen molar-refractivity contribution in [1.29, 1.82) is 0 Å². The topological polar surface area (TPSA) is 38.8 Å². The van der Waals surface area contributed by atoms with E-state index in [0.29, 0.717) is 26.3 Å². The Morgan fingerprint density at radius 1 is 1.30 bits per heavy atom. The van der Waals surface area contributed by atoms with Gasteiger partial charge in [-0.2, -0.15) is 0 Å². The lowest BCUT2D eigenvalue weighted by molar-refractivity contribution is 0.0213. The van der Waals surface area contributed by atoms with Gasteiger partial charge in [-0.15, -0.1) is 6.58 Å². The van der Waals surface area contributed by atoms with Gasteiger partial charge in [0.1, 0.15) is 0 Å². The van der Waals surface area contributed by atoms with Crippen LogP contribution in [0.2, 0.25) is 0 Å². The van der Waals surface area contributed by atoms with Gasteiger partial charge in [-0.3, -0.25) is 9.05 Å². The van der Waals surface area contributed by atoms with E-state index < -0.39 is 7.75 Å². The Bertz CT molecular complexity index is 487. The summed E-state index contributed by atoms with van der Waals surface area (Å²) >= 11 is 0. The molecule has 5 heteroatoms. The number of benzene rings is 1. The second kappa shape index (κ2) is 6.23. The summed E-state index contributed by atoms with van der Waals surface area (Å²) in [4.78, 5) is 0. The Balaban J connectivity index is 2.12. The van der Waals surface area contributed by atoms with Crippen LogP contribution < -0.4 is 0 Å². The predicted octanol–water partition coefficient (Wildman–Crippen LogP) is 3.86. The zero-order valence-electron chi connectivity index (χ0n) is 12.1. The number of rotatable bonds is 5. The van der Waals surface area contributed by atoms with Crippen LogP contribution in [0.5, 0.6) is 0 Å². The molecule has 0 aromatic heterocycles. The summed E-state index contributed by atoms with van der Waals surface area (Å²) in [5.74, 6) is 0. The van der Waals surface area contributed by atoms with E-state index in [0.717, 1.165) is 5.56 Å². The highest BCUT2D eigenvalue weighted by Crippen LogP contribution is 2.57. The Morgan fingerprint density at radius 2 is 1.90 bits per heavy atom. The first-order valence-electron chi connectivity index (χ1n) is 6.75. The summed E-state index contributed by atoms with van der Waals surface area (Å²) in [5.41, 5.74) is 0.974. The van der Waals surface area contributed by atoms with Gasteiger partial charge >= 0.3 is 7.75 Å². The minimum Gasteiger partial charge on any atom is -0.296 e. The van der Waals surface area contributed by atoms with Crippen molar-refractivity contribution >= 4 is 7.75 Å². The Morgan fingerprint density at radius 3 is 2.45 bits per heavy atom. The Labute approximate surface area is 121 Å². The fraction of sp³-hybridized carbons (Fsp3) is 0.467. The van der Waals surface area contributed by atoms with Crippen LogP contribution in [0.15, 0.2) is 43.0 Å². The monoisotopic (exact) mass is 295 g/mol. The first kappa shape index (κ1) is 15.5. The summed E-state index contributed by atoms with van der Waals surface area (Å²) in [5, 5.41) is 0. The van der Waals surface area contributed by atoms with Gasteiger partial charge in [0.05, 0.1) is 13.2 Å². The molecule has 20 heavy (non-hydrogen) atoms. The molecule has 1 heterocycles. The van der Waals surface area contributed by atoms with E-state index in [1.165, 1.54) is 0 Å². The maximum absolute atomic E-state index is 12.8. The molecule has 110 valence electrons. The van der Waals surface area contributed by atoms with Crippen LogP contribution in [0.4, 0.5) is 0 Å². The van der Waals surface area contributed by atoms with Gasteiger partial charge in [-0.05, 0) is 5.56 Å². The molecular weight excluding hydrogens is 273 g/mol. The minimum absolute atomic E-state index is 0.0967. The van der Waals surface area contributed by atoms with E-state index in [1.807, 2.05) is 44.2 Å². The Kier molecular flexibility index (Phi) is 4.82. The van der Waals surface area contributed by atoms with E-state index in [-0.39, 0.29) is 5.41 Å². The highest BCUT2D eigenvalue weighted by molar-refractivity contribution is 7.51. The smallest absolute Gasteiger partial charge is 0.296 e. The van der Waals surface area contributed by atoms with E-state index in [9.17, 15) is 4.57 Å². The summed E-state index contributed by atoms with van der Waals surface area (Å²) in [7, 11) is -3.22. The molecule has 1 saturated heterocycles. The summed E-state index contributed by atoms with van der Waals surface area (Å²) in [6.45, 7) is 9.65. The van der Waals surface area contributed by atoms with Crippen LogP contribution in [0.25, 0.3) is 0 Å². The standard InChI is InChI=1S/C15H22NO3P/c1-4-10-16(11-14-8-6-5-7-9-14)20(17)18-12-15(2,3)13-19-20/h4-9H,1,10-13H2,2-3H3. The third kappa shape index (κ3) is 3.80. The normalized spacial score (nSPS) is 20.8. The van der Waals surface area contributed by atoms with E-state index in [4.69, 9.17) is 9.05 Å². The molecule has 0 unspecified atom stereocenters. The molecule has 0 radical (unpaired) electrons. The van der Waals surface area contributed by atoms with Crippen molar-refractivity contribution < 1.29 is 13.6 Å². The highest BCUT2D eigenvalue weighted by atomic mass is 31.2. The quantitative estimate of drug-likeness (QED) is 0.611. The SMILES string of the molecule is C=CCN(Cc1ccccc1)P1(=O)OCC(C)(C)CO1. The lowest BCUT2D eigenvalue weighted by Crippen LogP contribution is -2.34. The van der Waals surface area contributed by atoms with Crippen molar-refractivity contribution in [2.75, 3.05) is 19.8 Å². The first-order valence-corrected chi connectivity index (χ1v) is 8.24. The molecule has 4 nitrogen and oxygen atoms in total. The molecule has 1 aliphatic rings. The average Bonchev–Trinajstić information content (AvgIpc) is 2.43. The van der Waals surface area contributed by atoms with Gasteiger partial charge in [0.25, 0.3) is 0 Å². The third-order valence-corrected chi connectivity index (χ3v) is 5.04. The summed E-state index contributed by atoms with van der Waals surface area (Å²) in [6, 6.07) is 9.87. The molecule has 0 spiro atoms. The predicted molar refractivity (Wildman–Crippen MR) is 80.3 cm³/mol. The van der Waals surface area contributed by atoms with Crippen LogP contribution in [0.1, 0.15) is 19.4 Å². The minimum atomic E-state index is -3.22. The molecule has 0 aliphatic carbocycles. The summed E-state index contributed by atoms with van der Waals surface area (Å²) in [6.07, 6.45) is 1.72. The van der Waals surface area contributed by atoms with E-state index in [2.05, 4.69) is 6.58 Å². The lowest BCUT2D eigenvalue weighted by atomic mass is 9.97. The van der Waals surface area contributed by atoms with Crippen molar-refractivity contribution in [3.05, 3.63) is 48.6 Å². The zero-order chi connectivity index (χ0) is 14.6. The molecular formula is C15H22NO3P. The molecule has 0 saturated carbocycles. The van der Waals surface area contributed by atoms with Crippen molar-refractivity contribution in [1.82, 2.24) is 4.67 Å². The van der Waals surface area contributed by atoms with Crippen LogP contribution in [0.3, 0.4) is 0 Å². The van der Waals surface area contributed by atoms with Gasteiger partial charge in [-0.1, -0.05) is 50.3 Å². The van der Waals surface area contributed by atoms with Gasteiger partial charge in [0, 0.05) is 18.5 Å². The maximum Gasteiger partial charge on any atom is 0.408 e. The Hall–Kier alpha value is -0.930.